The largest absolute Gasteiger partial charge is 0.330 e. The fourth-order valence-corrected chi connectivity index (χ4v) is 3.57. The maximum absolute atomic E-state index is 13.1. The van der Waals surface area contributed by atoms with E-state index in [1.807, 2.05) is 23.1 Å². The maximum atomic E-state index is 13.1. The molecule has 2 heterocycles. The van der Waals surface area contributed by atoms with Crippen LogP contribution in [-0.2, 0) is 0 Å². The fraction of sp³-hybridized carbons (Fsp3) is 0.227. The molecule has 1 fully saturated rings. The number of para-hydroxylation sites is 1. The lowest BCUT2D eigenvalue weighted by Gasteiger charge is -2.25. The zero-order chi connectivity index (χ0) is 18.8. The summed E-state index contributed by atoms with van der Waals surface area (Å²) in [6, 6.07) is 20.5. The monoisotopic (exact) mass is 359 g/mol. The maximum Gasteiger partial charge on any atom is 0.274 e. The zero-order valence-electron chi connectivity index (χ0n) is 15.2. The van der Waals surface area contributed by atoms with Crippen LogP contribution < -0.4 is 5.56 Å². The van der Waals surface area contributed by atoms with E-state index < -0.39 is 0 Å². The van der Waals surface area contributed by atoms with E-state index >= 15 is 0 Å². The number of aromatic nitrogens is 2. The molecule has 4 rings (SSSR count). The van der Waals surface area contributed by atoms with Gasteiger partial charge < -0.3 is 4.90 Å². The first kappa shape index (κ1) is 17.2. The van der Waals surface area contributed by atoms with Gasteiger partial charge >= 0.3 is 0 Å². The second kappa shape index (κ2) is 7.19. The molecule has 0 spiro atoms. The van der Waals surface area contributed by atoms with E-state index in [1.54, 1.807) is 12.1 Å². The number of rotatable bonds is 3. The van der Waals surface area contributed by atoms with Crippen LogP contribution in [0.15, 0.2) is 71.5 Å². The van der Waals surface area contributed by atoms with Crippen molar-refractivity contribution in [3.8, 4) is 5.69 Å². The average Bonchev–Trinajstić information content (AvgIpc) is 3.19. The molecule has 1 aliphatic rings. The molecule has 1 unspecified atom stereocenters. The molecule has 0 saturated carbocycles. The smallest absolute Gasteiger partial charge is 0.274 e. The summed E-state index contributed by atoms with van der Waals surface area (Å²) in [6.07, 6.45) is 1.90. The molecular weight excluding hydrogens is 338 g/mol. The quantitative estimate of drug-likeness (QED) is 0.719. The number of likely N-dealkylation sites (tertiary alicyclic amines) is 1. The molecule has 1 amide bonds. The van der Waals surface area contributed by atoms with Gasteiger partial charge in [-0.1, -0.05) is 48.0 Å². The third-order valence-corrected chi connectivity index (χ3v) is 5.00. The van der Waals surface area contributed by atoms with Crippen molar-refractivity contribution >= 4 is 5.91 Å². The summed E-state index contributed by atoms with van der Waals surface area (Å²) >= 11 is 0. The minimum absolute atomic E-state index is 0.0528. The van der Waals surface area contributed by atoms with E-state index in [0.717, 1.165) is 18.4 Å². The molecular formula is C22H21N3O2. The normalized spacial score (nSPS) is 16.5. The Balaban J connectivity index is 1.66. The van der Waals surface area contributed by atoms with Gasteiger partial charge in [-0.05, 0) is 43.5 Å². The molecule has 136 valence electrons. The van der Waals surface area contributed by atoms with E-state index in [0.29, 0.717) is 12.2 Å². The van der Waals surface area contributed by atoms with Gasteiger partial charge in [0.05, 0.1) is 11.7 Å². The molecule has 1 atom stereocenters. The van der Waals surface area contributed by atoms with Gasteiger partial charge in [-0.25, -0.2) is 0 Å². The molecule has 1 saturated heterocycles. The molecule has 0 N–H and O–H groups in total. The van der Waals surface area contributed by atoms with Crippen molar-refractivity contribution in [2.45, 2.75) is 25.8 Å². The topological polar surface area (TPSA) is 55.2 Å². The first-order valence-corrected chi connectivity index (χ1v) is 9.17. The zero-order valence-corrected chi connectivity index (χ0v) is 15.2. The van der Waals surface area contributed by atoms with Gasteiger partial charge in [0, 0.05) is 12.6 Å². The van der Waals surface area contributed by atoms with E-state index in [-0.39, 0.29) is 23.2 Å². The van der Waals surface area contributed by atoms with Gasteiger partial charge in [-0.3, -0.25) is 9.59 Å². The molecule has 2 aromatic carbocycles. The first-order chi connectivity index (χ1) is 13.1. The number of aryl methyl sites for hydroxylation is 1. The van der Waals surface area contributed by atoms with Crippen molar-refractivity contribution in [3.05, 3.63) is 93.9 Å². The summed E-state index contributed by atoms with van der Waals surface area (Å²) in [4.78, 5) is 27.2. The van der Waals surface area contributed by atoms with Crippen molar-refractivity contribution in [1.29, 1.82) is 0 Å². The predicted octanol–water partition coefficient (Wildman–Crippen LogP) is 3.52. The number of benzene rings is 2. The molecule has 1 aliphatic heterocycles. The van der Waals surface area contributed by atoms with Crippen LogP contribution in [-0.4, -0.2) is 27.1 Å². The van der Waals surface area contributed by atoms with Gasteiger partial charge in [-0.2, -0.15) is 9.78 Å². The highest BCUT2D eigenvalue weighted by molar-refractivity contribution is 5.92. The Kier molecular flexibility index (Phi) is 4.59. The Bertz CT molecular complexity index is 1010. The van der Waals surface area contributed by atoms with Crippen LogP contribution in [0.3, 0.4) is 0 Å². The van der Waals surface area contributed by atoms with Crippen molar-refractivity contribution in [2.75, 3.05) is 6.54 Å². The summed E-state index contributed by atoms with van der Waals surface area (Å²) in [7, 11) is 0. The van der Waals surface area contributed by atoms with Crippen LogP contribution >= 0.6 is 0 Å². The number of hydrogen-bond donors (Lipinski definition) is 0. The van der Waals surface area contributed by atoms with Crippen LogP contribution in [0.25, 0.3) is 5.69 Å². The average molecular weight is 359 g/mol. The number of carbonyl (C=O) groups excluding carboxylic acids is 1. The highest BCUT2D eigenvalue weighted by atomic mass is 16.2. The lowest BCUT2D eigenvalue weighted by molar-refractivity contribution is 0.0727. The first-order valence-electron chi connectivity index (χ1n) is 9.17. The third kappa shape index (κ3) is 3.40. The standard InChI is InChI=1S/C22H21N3O2/c1-16-9-11-17(12-10-16)20-8-5-15-24(20)22(27)19-13-14-21(26)25(23-19)18-6-3-2-4-7-18/h2-4,6-7,9-14,20H,5,8,15H2,1H3. The minimum atomic E-state index is -0.255. The lowest BCUT2D eigenvalue weighted by Crippen LogP contribution is -2.33. The molecule has 0 aliphatic carbocycles. The number of amides is 1. The van der Waals surface area contributed by atoms with Crippen LogP contribution in [0.5, 0.6) is 0 Å². The van der Waals surface area contributed by atoms with Crippen LogP contribution in [0, 0.1) is 6.92 Å². The lowest BCUT2D eigenvalue weighted by atomic mass is 10.0. The highest BCUT2D eigenvalue weighted by Crippen LogP contribution is 2.32. The van der Waals surface area contributed by atoms with Crippen LogP contribution in [0.1, 0.15) is 40.5 Å². The SMILES string of the molecule is Cc1ccc(C2CCCN2C(=O)c2ccc(=O)n(-c3ccccc3)n2)cc1. The molecule has 27 heavy (non-hydrogen) atoms. The molecule has 5 heteroatoms. The van der Waals surface area contributed by atoms with Gasteiger partial charge in [-0.15, -0.1) is 0 Å². The van der Waals surface area contributed by atoms with Crippen LogP contribution in [0.4, 0.5) is 0 Å². The second-order valence-corrected chi connectivity index (χ2v) is 6.87. The van der Waals surface area contributed by atoms with Gasteiger partial charge in [0.25, 0.3) is 11.5 Å². The molecule has 1 aromatic heterocycles. The highest BCUT2D eigenvalue weighted by Gasteiger charge is 2.31. The summed E-state index contributed by atoms with van der Waals surface area (Å²) in [6.45, 7) is 2.75. The Hall–Kier alpha value is -3.21. The Labute approximate surface area is 157 Å². The summed E-state index contributed by atoms with van der Waals surface area (Å²) in [5.74, 6) is -0.136. The summed E-state index contributed by atoms with van der Waals surface area (Å²) < 4.78 is 1.28. The van der Waals surface area contributed by atoms with Crippen molar-refractivity contribution in [2.24, 2.45) is 0 Å². The molecule has 5 nitrogen and oxygen atoms in total. The van der Waals surface area contributed by atoms with Crippen molar-refractivity contribution in [3.63, 3.8) is 0 Å². The van der Waals surface area contributed by atoms with E-state index in [9.17, 15) is 9.59 Å². The molecule has 3 aromatic rings. The summed E-state index contributed by atoms with van der Waals surface area (Å²) in [5.41, 5.74) is 3.02. The Morgan fingerprint density at radius 1 is 1.00 bits per heavy atom. The Morgan fingerprint density at radius 3 is 2.48 bits per heavy atom. The Morgan fingerprint density at radius 2 is 1.74 bits per heavy atom. The molecule has 0 bridgehead atoms. The fourth-order valence-electron chi connectivity index (χ4n) is 3.57. The van der Waals surface area contributed by atoms with Gasteiger partial charge in [0.1, 0.15) is 5.69 Å². The van der Waals surface area contributed by atoms with Crippen molar-refractivity contribution in [1.82, 2.24) is 14.7 Å². The van der Waals surface area contributed by atoms with Gasteiger partial charge in [0.15, 0.2) is 0 Å². The van der Waals surface area contributed by atoms with E-state index in [4.69, 9.17) is 0 Å². The number of carbonyl (C=O) groups is 1. The minimum Gasteiger partial charge on any atom is -0.330 e. The van der Waals surface area contributed by atoms with E-state index in [1.165, 1.54) is 22.4 Å². The molecule has 0 radical (unpaired) electrons. The van der Waals surface area contributed by atoms with Crippen molar-refractivity contribution < 1.29 is 4.79 Å². The van der Waals surface area contributed by atoms with Crippen LogP contribution in [0.2, 0.25) is 0 Å². The number of nitrogens with zero attached hydrogens (tertiary/aromatic N) is 3. The van der Waals surface area contributed by atoms with E-state index in [2.05, 4.69) is 36.3 Å². The van der Waals surface area contributed by atoms with Gasteiger partial charge in [0.2, 0.25) is 0 Å². The predicted molar refractivity (Wildman–Crippen MR) is 104 cm³/mol. The second-order valence-electron chi connectivity index (χ2n) is 6.87. The number of hydrogen-bond acceptors (Lipinski definition) is 3. The third-order valence-electron chi connectivity index (χ3n) is 5.00. The summed E-state index contributed by atoms with van der Waals surface area (Å²) in [5, 5.41) is 4.34.